The summed E-state index contributed by atoms with van der Waals surface area (Å²) >= 11 is 12.6. The number of sulfonamides is 1. The van der Waals surface area contributed by atoms with Gasteiger partial charge >= 0.3 is 0 Å². The van der Waals surface area contributed by atoms with Crippen LogP contribution in [0.4, 0.5) is 5.69 Å². The first kappa shape index (κ1) is 27.4. The Bertz CT molecular complexity index is 1620. The highest BCUT2D eigenvalue weighted by Crippen LogP contribution is 2.31. The standard InChI is InChI=1S/C28H26Cl2N4O3S/c1-19-10-7-8-14-25(19)33(38(36,37)23-11-5-4-6-12-23)18-27(35)32-31-17-22-16-20(2)34(21(22)3)26-15-9-13-24(29)28(26)30/h4-17H,18H2,1-3H3,(H,32,35)/b31-17-. The number of nitrogens with one attached hydrogen (secondary N) is 1. The summed E-state index contributed by atoms with van der Waals surface area (Å²) in [6, 6.07) is 22.3. The van der Waals surface area contributed by atoms with Gasteiger partial charge in [-0.2, -0.15) is 5.10 Å². The SMILES string of the molecule is Cc1ccccc1N(CC(=O)N/N=C\c1cc(C)n(-c2cccc(Cl)c2Cl)c1C)S(=O)(=O)c1ccccc1. The zero-order chi connectivity index (χ0) is 27.4. The van der Waals surface area contributed by atoms with Gasteiger partial charge in [-0.05, 0) is 62.7 Å². The fourth-order valence-corrected chi connectivity index (χ4v) is 6.04. The van der Waals surface area contributed by atoms with Crippen LogP contribution in [0.1, 0.15) is 22.5 Å². The Morgan fingerprint density at radius 3 is 2.37 bits per heavy atom. The highest BCUT2D eigenvalue weighted by Gasteiger charge is 2.28. The van der Waals surface area contributed by atoms with Gasteiger partial charge in [0.25, 0.3) is 15.9 Å². The zero-order valence-electron chi connectivity index (χ0n) is 21.0. The van der Waals surface area contributed by atoms with Gasteiger partial charge in [-0.25, -0.2) is 13.8 Å². The predicted molar refractivity (Wildman–Crippen MR) is 153 cm³/mol. The monoisotopic (exact) mass is 568 g/mol. The molecule has 1 N–H and O–H groups in total. The van der Waals surface area contributed by atoms with Gasteiger partial charge in [-0.15, -0.1) is 0 Å². The quantitative estimate of drug-likeness (QED) is 0.207. The smallest absolute Gasteiger partial charge is 0.264 e. The Labute approximate surface area is 232 Å². The summed E-state index contributed by atoms with van der Waals surface area (Å²) in [7, 11) is -4.00. The van der Waals surface area contributed by atoms with Gasteiger partial charge in [0.1, 0.15) is 6.54 Å². The van der Waals surface area contributed by atoms with E-state index in [-0.39, 0.29) is 4.90 Å². The second-order valence-corrected chi connectivity index (χ2v) is 11.3. The molecule has 0 unspecified atom stereocenters. The highest BCUT2D eigenvalue weighted by atomic mass is 35.5. The Kier molecular flexibility index (Phi) is 8.26. The minimum absolute atomic E-state index is 0.0895. The molecule has 0 radical (unpaired) electrons. The zero-order valence-corrected chi connectivity index (χ0v) is 23.3. The number of carbonyl (C=O) groups is 1. The summed E-state index contributed by atoms with van der Waals surface area (Å²) in [5.41, 5.74) is 6.83. The number of aryl methyl sites for hydroxylation is 2. The van der Waals surface area contributed by atoms with Crippen molar-refractivity contribution in [1.82, 2.24) is 9.99 Å². The summed E-state index contributed by atoms with van der Waals surface area (Å²) in [4.78, 5) is 13.0. The summed E-state index contributed by atoms with van der Waals surface area (Å²) in [5, 5.41) is 4.98. The van der Waals surface area contributed by atoms with E-state index in [2.05, 4.69) is 10.5 Å². The van der Waals surface area contributed by atoms with Gasteiger partial charge in [0.05, 0.1) is 32.5 Å². The lowest BCUT2D eigenvalue weighted by molar-refractivity contribution is -0.119. The predicted octanol–water partition coefficient (Wildman–Crippen LogP) is 6.05. The number of halogens is 2. The van der Waals surface area contributed by atoms with Crippen molar-refractivity contribution in [3.05, 3.63) is 111 Å². The van der Waals surface area contributed by atoms with E-state index in [1.54, 1.807) is 49.4 Å². The number of amides is 1. The van der Waals surface area contributed by atoms with Crippen LogP contribution in [0.25, 0.3) is 5.69 Å². The molecule has 7 nitrogen and oxygen atoms in total. The van der Waals surface area contributed by atoms with E-state index in [9.17, 15) is 13.2 Å². The molecule has 0 aliphatic rings. The lowest BCUT2D eigenvalue weighted by Crippen LogP contribution is -2.40. The van der Waals surface area contributed by atoms with Gasteiger partial charge in [0.2, 0.25) is 0 Å². The van der Waals surface area contributed by atoms with Crippen molar-refractivity contribution in [3.8, 4) is 5.69 Å². The molecule has 1 amide bonds. The van der Waals surface area contributed by atoms with Crippen LogP contribution in [0.2, 0.25) is 10.0 Å². The molecule has 0 aliphatic heterocycles. The van der Waals surface area contributed by atoms with Crippen LogP contribution in [-0.2, 0) is 14.8 Å². The number of hydrogen-bond acceptors (Lipinski definition) is 4. The molecule has 196 valence electrons. The summed E-state index contributed by atoms with van der Waals surface area (Å²) in [5.74, 6) is -0.587. The number of hydrogen-bond donors (Lipinski definition) is 1. The number of nitrogens with zero attached hydrogens (tertiary/aromatic N) is 3. The number of rotatable bonds is 8. The third-order valence-corrected chi connectivity index (χ3v) is 8.62. The third-order valence-electron chi connectivity index (χ3n) is 6.04. The molecule has 0 saturated heterocycles. The largest absolute Gasteiger partial charge is 0.316 e. The maximum atomic E-state index is 13.5. The van der Waals surface area contributed by atoms with E-state index in [4.69, 9.17) is 23.2 Å². The van der Waals surface area contributed by atoms with Gasteiger partial charge in [-0.3, -0.25) is 9.10 Å². The maximum Gasteiger partial charge on any atom is 0.264 e. The second-order valence-electron chi connectivity index (χ2n) is 8.64. The van der Waals surface area contributed by atoms with Gasteiger partial charge < -0.3 is 4.57 Å². The van der Waals surface area contributed by atoms with Crippen LogP contribution in [-0.4, -0.2) is 31.7 Å². The molecule has 0 fully saturated rings. The van der Waals surface area contributed by atoms with E-state index in [0.29, 0.717) is 15.7 Å². The summed E-state index contributed by atoms with van der Waals surface area (Å²) in [6.45, 7) is 5.17. The number of anilines is 1. The van der Waals surface area contributed by atoms with E-state index < -0.39 is 22.5 Å². The fourth-order valence-electron chi connectivity index (χ4n) is 4.16. The number of hydrazone groups is 1. The molecule has 0 bridgehead atoms. The molecule has 0 saturated carbocycles. The normalized spacial score (nSPS) is 11.6. The van der Waals surface area contributed by atoms with E-state index in [1.165, 1.54) is 18.3 Å². The van der Waals surface area contributed by atoms with Gasteiger partial charge in [0.15, 0.2) is 0 Å². The molecule has 0 atom stereocenters. The lowest BCUT2D eigenvalue weighted by Gasteiger charge is -2.25. The number of para-hydroxylation sites is 1. The maximum absolute atomic E-state index is 13.5. The molecule has 1 aromatic heterocycles. The average molecular weight is 570 g/mol. The first-order valence-electron chi connectivity index (χ1n) is 11.7. The Hall–Kier alpha value is -3.59. The van der Waals surface area contributed by atoms with Crippen LogP contribution >= 0.6 is 23.2 Å². The molecule has 4 rings (SSSR count). The van der Waals surface area contributed by atoms with Crippen LogP contribution in [0.15, 0.2) is 88.9 Å². The third kappa shape index (κ3) is 5.62. The van der Waals surface area contributed by atoms with E-state index in [1.807, 2.05) is 42.7 Å². The number of benzene rings is 3. The van der Waals surface area contributed by atoms with E-state index >= 15 is 0 Å². The Balaban J connectivity index is 1.57. The van der Waals surface area contributed by atoms with Crippen molar-refractivity contribution in [1.29, 1.82) is 0 Å². The van der Waals surface area contributed by atoms with E-state index in [0.717, 1.165) is 32.5 Å². The molecule has 4 aromatic rings. The molecule has 0 spiro atoms. The second kappa shape index (κ2) is 11.4. The van der Waals surface area contributed by atoms with Crippen molar-refractivity contribution in [3.63, 3.8) is 0 Å². The van der Waals surface area contributed by atoms with Crippen LogP contribution in [0, 0.1) is 20.8 Å². The van der Waals surface area contributed by atoms with Gasteiger partial charge in [-0.1, -0.05) is 65.7 Å². The van der Waals surface area contributed by atoms with Crippen LogP contribution < -0.4 is 9.73 Å². The highest BCUT2D eigenvalue weighted by molar-refractivity contribution is 7.92. The summed E-state index contributed by atoms with van der Waals surface area (Å²) in [6.07, 6.45) is 1.51. The molecular formula is C28H26Cl2N4O3S. The summed E-state index contributed by atoms with van der Waals surface area (Å²) < 4.78 is 30.0. The molecule has 10 heteroatoms. The van der Waals surface area contributed by atoms with Crippen LogP contribution in [0.3, 0.4) is 0 Å². The molecule has 38 heavy (non-hydrogen) atoms. The van der Waals surface area contributed by atoms with Crippen LogP contribution in [0.5, 0.6) is 0 Å². The molecule has 1 heterocycles. The first-order valence-corrected chi connectivity index (χ1v) is 13.9. The molecule has 3 aromatic carbocycles. The van der Waals surface area contributed by atoms with Crippen molar-refractivity contribution in [2.75, 3.05) is 10.8 Å². The minimum Gasteiger partial charge on any atom is -0.316 e. The van der Waals surface area contributed by atoms with Crippen molar-refractivity contribution < 1.29 is 13.2 Å². The Morgan fingerprint density at radius 1 is 0.974 bits per heavy atom. The fraction of sp³-hybridized carbons (Fsp3) is 0.143. The minimum atomic E-state index is -4.00. The number of carbonyl (C=O) groups excluding carboxylic acids is 1. The first-order chi connectivity index (χ1) is 18.1. The van der Waals surface area contributed by atoms with Gasteiger partial charge in [0, 0.05) is 17.0 Å². The molecule has 0 aliphatic carbocycles. The lowest BCUT2D eigenvalue weighted by atomic mass is 10.2. The van der Waals surface area contributed by atoms with Crippen molar-refractivity contribution in [2.45, 2.75) is 25.7 Å². The molecular weight excluding hydrogens is 543 g/mol. The number of aromatic nitrogens is 1. The average Bonchev–Trinajstić information content (AvgIpc) is 3.17. The van der Waals surface area contributed by atoms with Crippen molar-refractivity contribution in [2.24, 2.45) is 5.10 Å². The topological polar surface area (TPSA) is 83.8 Å². The van der Waals surface area contributed by atoms with Crippen molar-refractivity contribution >= 4 is 51.0 Å². The Morgan fingerprint density at radius 2 is 1.66 bits per heavy atom.